The molecule has 3 aliphatic rings. The second kappa shape index (κ2) is 7.38. The molecular weight excluding hydrogens is 396 g/mol. The van der Waals surface area contributed by atoms with Crippen molar-refractivity contribution in [3.05, 3.63) is 18.3 Å². The normalized spacial score (nSPS) is 26.1. The van der Waals surface area contributed by atoms with Crippen molar-refractivity contribution in [3.8, 4) is 5.82 Å². The number of pyridine rings is 1. The first-order chi connectivity index (χ1) is 15.2. The molecule has 2 bridgehead atoms. The van der Waals surface area contributed by atoms with Gasteiger partial charge in [-0.15, -0.1) is 5.10 Å². The molecule has 6 heterocycles. The standard InChI is InChI=1S/C21H28N8O2/c1-13-12-30-8-7-28(13)18-9-16(27-10-14-3-4-15(11-27)31-14)19-20(22-2)26-29(21(19)24-18)17-5-6-23-25-17/h5-6,9,13-15H,3-4,7-8,10-12H2,1-2H3,(H,22,26)(H,23,25). The van der Waals surface area contributed by atoms with E-state index in [1.54, 1.807) is 6.20 Å². The predicted molar refractivity (Wildman–Crippen MR) is 118 cm³/mol. The molecule has 3 atom stereocenters. The van der Waals surface area contributed by atoms with E-state index >= 15 is 0 Å². The van der Waals surface area contributed by atoms with E-state index in [-0.39, 0.29) is 6.04 Å². The molecule has 0 aliphatic carbocycles. The van der Waals surface area contributed by atoms with Crippen LogP contribution in [-0.2, 0) is 9.47 Å². The van der Waals surface area contributed by atoms with Crippen LogP contribution in [0.3, 0.4) is 0 Å². The van der Waals surface area contributed by atoms with Gasteiger partial charge in [-0.25, -0.2) is 4.98 Å². The van der Waals surface area contributed by atoms with E-state index in [0.29, 0.717) is 25.4 Å². The highest BCUT2D eigenvalue weighted by atomic mass is 16.5. The van der Waals surface area contributed by atoms with Crippen molar-refractivity contribution in [3.63, 3.8) is 0 Å². The highest BCUT2D eigenvalue weighted by Gasteiger charge is 2.36. The van der Waals surface area contributed by atoms with Crippen LogP contribution in [0.15, 0.2) is 18.3 Å². The number of H-pyrrole nitrogens is 1. The lowest BCUT2D eigenvalue weighted by molar-refractivity contribution is 0.0306. The van der Waals surface area contributed by atoms with Crippen molar-refractivity contribution in [2.45, 2.75) is 38.0 Å². The van der Waals surface area contributed by atoms with Crippen LogP contribution in [0.5, 0.6) is 0 Å². The van der Waals surface area contributed by atoms with E-state index in [1.807, 2.05) is 17.8 Å². The van der Waals surface area contributed by atoms with E-state index in [2.05, 4.69) is 38.3 Å². The van der Waals surface area contributed by atoms with Crippen LogP contribution in [0, 0.1) is 0 Å². The summed E-state index contributed by atoms with van der Waals surface area (Å²) in [5.41, 5.74) is 1.98. The summed E-state index contributed by atoms with van der Waals surface area (Å²) in [4.78, 5) is 9.91. The van der Waals surface area contributed by atoms with Crippen molar-refractivity contribution < 1.29 is 9.47 Å². The number of morpholine rings is 2. The van der Waals surface area contributed by atoms with Gasteiger partial charge >= 0.3 is 0 Å². The van der Waals surface area contributed by atoms with Gasteiger partial charge in [-0.2, -0.15) is 9.78 Å². The largest absolute Gasteiger partial charge is 0.377 e. The molecule has 10 nitrogen and oxygen atoms in total. The van der Waals surface area contributed by atoms with E-state index in [4.69, 9.17) is 19.6 Å². The summed E-state index contributed by atoms with van der Waals surface area (Å²) < 4.78 is 13.6. The SMILES string of the molecule is CNc1nn(-c2ccn[nH]2)c2nc(N3CCOCC3C)cc(N3CC4CCC(C3)O4)c12. The van der Waals surface area contributed by atoms with Gasteiger partial charge in [-0.05, 0) is 19.8 Å². The quantitative estimate of drug-likeness (QED) is 0.654. The van der Waals surface area contributed by atoms with Gasteiger partial charge in [0.25, 0.3) is 0 Å². The van der Waals surface area contributed by atoms with E-state index in [9.17, 15) is 0 Å². The van der Waals surface area contributed by atoms with Crippen molar-refractivity contribution in [1.82, 2.24) is 25.0 Å². The van der Waals surface area contributed by atoms with Gasteiger partial charge in [0.2, 0.25) is 0 Å². The topological polar surface area (TPSA) is 96.4 Å². The summed E-state index contributed by atoms with van der Waals surface area (Å²) in [7, 11) is 1.91. The fraction of sp³-hybridized carbons (Fsp3) is 0.571. The molecule has 0 radical (unpaired) electrons. The number of hydrogen-bond donors (Lipinski definition) is 2. The Kier molecular flexibility index (Phi) is 4.50. The number of nitrogens with one attached hydrogen (secondary N) is 2. The van der Waals surface area contributed by atoms with Crippen LogP contribution in [0.25, 0.3) is 16.9 Å². The molecule has 10 heteroatoms. The molecule has 3 aromatic rings. The first-order valence-corrected chi connectivity index (χ1v) is 11.1. The Hall–Kier alpha value is -2.85. The van der Waals surface area contributed by atoms with Gasteiger partial charge in [-0.1, -0.05) is 0 Å². The number of aromatic amines is 1. The first kappa shape index (κ1) is 18.9. The van der Waals surface area contributed by atoms with Crippen molar-refractivity contribution in [2.75, 3.05) is 55.0 Å². The molecule has 3 saturated heterocycles. The Balaban J connectivity index is 1.55. The fourth-order valence-electron chi connectivity index (χ4n) is 5.07. The lowest BCUT2D eigenvalue weighted by Gasteiger charge is -2.37. The monoisotopic (exact) mass is 424 g/mol. The maximum Gasteiger partial charge on any atom is 0.171 e. The molecule has 3 aliphatic heterocycles. The maximum absolute atomic E-state index is 6.11. The molecule has 31 heavy (non-hydrogen) atoms. The fourth-order valence-corrected chi connectivity index (χ4v) is 5.07. The number of nitrogens with zero attached hydrogens (tertiary/aromatic N) is 6. The molecule has 0 aromatic carbocycles. The molecule has 3 aromatic heterocycles. The number of aromatic nitrogens is 5. The number of rotatable bonds is 4. The van der Waals surface area contributed by atoms with Gasteiger partial charge in [0.05, 0.1) is 48.7 Å². The minimum atomic E-state index is 0.264. The van der Waals surface area contributed by atoms with E-state index < -0.39 is 0 Å². The third kappa shape index (κ3) is 3.12. The summed E-state index contributed by atoms with van der Waals surface area (Å²) in [5, 5.41) is 16.3. The molecule has 6 rings (SSSR count). The van der Waals surface area contributed by atoms with E-state index in [0.717, 1.165) is 66.7 Å². The third-order valence-electron chi connectivity index (χ3n) is 6.60. The number of fused-ring (bicyclic) bond motifs is 3. The third-order valence-corrected chi connectivity index (χ3v) is 6.60. The molecule has 2 N–H and O–H groups in total. The van der Waals surface area contributed by atoms with Crippen LogP contribution < -0.4 is 15.1 Å². The van der Waals surface area contributed by atoms with Gasteiger partial charge in [0.15, 0.2) is 17.3 Å². The zero-order valence-corrected chi connectivity index (χ0v) is 17.9. The number of ether oxygens (including phenoxy) is 2. The average Bonchev–Trinajstić information content (AvgIpc) is 3.52. The highest BCUT2D eigenvalue weighted by molar-refractivity contribution is 6.01. The first-order valence-electron chi connectivity index (χ1n) is 11.1. The Morgan fingerprint density at radius 2 is 2.06 bits per heavy atom. The molecule has 0 saturated carbocycles. The van der Waals surface area contributed by atoms with Crippen LogP contribution >= 0.6 is 0 Å². The van der Waals surface area contributed by atoms with Crippen molar-refractivity contribution in [1.29, 1.82) is 0 Å². The Morgan fingerprint density at radius 1 is 1.23 bits per heavy atom. The van der Waals surface area contributed by atoms with Gasteiger partial charge < -0.3 is 24.6 Å². The second-order valence-corrected chi connectivity index (χ2v) is 8.63. The summed E-state index contributed by atoms with van der Waals surface area (Å²) in [6, 6.07) is 4.40. The minimum Gasteiger partial charge on any atom is -0.377 e. The van der Waals surface area contributed by atoms with Crippen molar-refractivity contribution in [2.24, 2.45) is 0 Å². The van der Waals surface area contributed by atoms with Crippen LogP contribution in [0.1, 0.15) is 19.8 Å². The average molecular weight is 425 g/mol. The Bertz CT molecular complexity index is 1070. The smallest absolute Gasteiger partial charge is 0.171 e. The lowest BCUT2D eigenvalue weighted by Crippen LogP contribution is -2.45. The minimum absolute atomic E-state index is 0.264. The summed E-state index contributed by atoms with van der Waals surface area (Å²) in [5.74, 6) is 2.56. The predicted octanol–water partition coefficient (Wildman–Crippen LogP) is 1.78. The molecular formula is C21H28N8O2. The Labute approximate surface area is 180 Å². The molecule has 3 unspecified atom stereocenters. The number of hydrogen-bond acceptors (Lipinski definition) is 8. The molecule has 164 valence electrons. The summed E-state index contributed by atoms with van der Waals surface area (Å²) in [6.45, 7) is 6.22. The van der Waals surface area contributed by atoms with Crippen molar-refractivity contribution >= 4 is 28.4 Å². The molecule has 3 fully saturated rings. The van der Waals surface area contributed by atoms with E-state index in [1.165, 1.54) is 0 Å². The van der Waals surface area contributed by atoms with Gasteiger partial charge in [0.1, 0.15) is 5.82 Å². The van der Waals surface area contributed by atoms with Gasteiger partial charge in [-0.3, -0.25) is 5.10 Å². The van der Waals surface area contributed by atoms with Crippen LogP contribution in [-0.4, -0.2) is 83.1 Å². The van der Waals surface area contributed by atoms with Crippen LogP contribution in [0.2, 0.25) is 0 Å². The molecule has 0 spiro atoms. The second-order valence-electron chi connectivity index (χ2n) is 8.63. The lowest BCUT2D eigenvalue weighted by atomic mass is 10.1. The maximum atomic E-state index is 6.11. The zero-order chi connectivity index (χ0) is 20.9. The van der Waals surface area contributed by atoms with Gasteiger partial charge in [0, 0.05) is 38.8 Å². The highest BCUT2D eigenvalue weighted by Crippen LogP contribution is 2.39. The summed E-state index contributed by atoms with van der Waals surface area (Å²) in [6.07, 6.45) is 4.60. The number of anilines is 3. The summed E-state index contributed by atoms with van der Waals surface area (Å²) >= 11 is 0. The molecule has 0 amide bonds. The zero-order valence-electron chi connectivity index (χ0n) is 17.9. The van der Waals surface area contributed by atoms with Crippen LogP contribution in [0.4, 0.5) is 17.3 Å². The Morgan fingerprint density at radius 3 is 2.77 bits per heavy atom.